The van der Waals surface area contributed by atoms with Crippen LogP contribution in [0.4, 0.5) is 13.2 Å². The van der Waals surface area contributed by atoms with Gasteiger partial charge in [-0.1, -0.05) is 6.07 Å². The molecular formula is C17H17F3N2O3. The number of hydrogen-bond acceptors (Lipinski definition) is 4. The van der Waals surface area contributed by atoms with E-state index in [0.717, 1.165) is 18.2 Å². The van der Waals surface area contributed by atoms with Crippen LogP contribution in [-0.2, 0) is 22.3 Å². The van der Waals surface area contributed by atoms with E-state index in [1.165, 1.54) is 16.9 Å². The number of nitrogens with zero attached hydrogens (tertiary/aromatic N) is 2. The van der Waals surface area contributed by atoms with Crippen LogP contribution in [0, 0.1) is 0 Å². The first-order valence-electron chi connectivity index (χ1n) is 7.42. The molecule has 134 valence electrons. The minimum absolute atomic E-state index is 0.0489. The predicted octanol–water partition coefficient (Wildman–Crippen LogP) is 3.72. The molecule has 0 aliphatic heterocycles. The lowest BCUT2D eigenvalue weighted by Gasteiger charge is -2.19. The largest absolute Gasteiger partial charge is 0.459 e. The Labute approximate surface area is 142 Å². The van der Waals surface area contributed by atoms with Gasteiger partial charge in [0.25, 0.3) is 0 Å². The molecule has 0 saturated carbocycles. The Morgan fingerprint density at radius 2 is 1.92 bits per heavy atom. The average molecular weight is 354 g/mol. The molecule has 0 aliphatic rings. The monoisotopic (exact) mass is 354 g/mol. The fourth-order valence-corrected chi connectivity index (χ4v) is 2.16. The van der Waals surface area contributed by atoms with Crippen LogP contribution >= 0.6 is 0 Å². The molecule has 1 aromatic carbocycles. The molecule has 5 nitrogen and oxygen atoms in total. The SMILES string of the molecule is CC(C)(C)OC(=O)Cn1ccc(-c2cc(C(F)(F)F)ccc2C=O)n1. The van der Waals surface area contributed by atoms with Crippen LogP contribution in [0.25, 0.3) is 11.3 Å². The molecule has 25 heavy (non-hydrogen) atoms. The van der Waals surface area contributed by atoms with Gasteiger partial charge in [-0.3, -0.25) is 14.3 Å². The van der Waals surface area contributed by atoms with E-state index >= 15 is 0 Å². The summed E-state index contributed by atoms with van der Waals surface area (Å²) in [5.41, 5.74) is -1.24. The summed E-state index contributed by atoms with van der Waals surface area (Å²) in [6, 6.07) is 4.24. The number of aromatic nitrogens is 2. The molecule has 0 bridgehead atoms. The van der Waals surface area contributed by atoms with Gasteiger partial charge in [-0.05, 0) is 39.0 Å². The van der Waals surface area contributed by atoms with Crippen LogP contribution in [-0.4, -0.2) is 27.6 Å². The Hall–Kier alpha value is -2.64. The summed E-state index contributed by atoms with van der Waals surface area (Å²) in [6.07, 6.45) is -2.63. The van der Waals surface area contributed by atoms with Crippen molar-refractivity contribution in [1.29, 1.82) is 0 Å². The average Bonchev–Trinajstić information content (AvgIpc) is 2.91. The highest BCUT2D eigenvalue weighted by atomic mass is 19.4. The Kier molecular flexibility index (Phi) is 5.01. The highest BCUT2D eigenvalue weighted by Gasteiger charge is 2.31. The maximum absolute atomic E-state index is 12.9. The number of alkyl halides is 3. The number of rotatable bonds is 4. The van der Waals surface area contributed by atoms with E-state index in [1.807, 2.05) is 0 Å². The second-order valence-electron chi connectivity index (χ2n) is 6.40. The summed E-state index contributed by atoms with van der Waals surface area (Å²) in [5, 5.41) is 4.07. The third-order valence-electron chi connectivity index (χ3n) is 3.14. The van der Waals surface area contributed by atoms with Gasteiger partial charge in [0.05, 0.1) is 11.3 Å². The molecule has 1 aromatic heterocycles. The summed E-state index contributed by atoms with van der Waals surface area (Å²) in [5.74, 6) is -0.526. The van der Waals surface area contributed by atoms with E-state index in [2.05, 4.69) is 5.10 Å². The quantitative estimate of drug-likeness (QED) is 0.620. The van der Waals surface area contributed by atoms with Crippen molar-refractivity contribution in [3.63, 3.8) is 0 Å². The lowest BCUT2D eigenvalue weighted by Crippen LogP contribution is -2.26. The normalized spacial score (nSPS) is 12.1. The van der Waals surface area contributed by atoms with Gasteiger partial charge < -0.3 is 4.74 Å². The summed E-state index contributed by atoms with van der Waals surface area (Å²) in [7, 11) is 0. The molecular weight excluding hydrogens is 337 g/mol. The number of ether oxygens (including phenoxy) is 1. The van der Waals surface area contributed by atoms with E-state index in [9.17, 15) is 22.8 Å². The maximum atomic E-state index is 12.9. The first-order valence-corrected chi connectivity index (χ1v) is 7.42. The Morgan fingerprint density at radius 3 is 2.48 bits per heavy atom. The summed E-state index contributed by atoms with van der Waals surface area (Å²) in [4.78, 5) is 22.9. The predicted molar refractivity (Wildman–Crippen MR) is 83.9 cm³/mol. The van der Waals surface area contributed by atoms with E-state index < -0.39 is 23.3 Å². The second-order valence-corrected chi connectivity index (χ2v) is 6.40. The lowest BCUT2D eigenvalue weighted by atomic mass is 10.0. The molecule has 2 rings (SSSR count). The molecule has 0 saturated heterocycles. The second kappa shape index (κ2) is 6.70. The van der Waals surface area contributed by atoms with Gasteiger partial charge in [0.2, 0.25) is 0 Å². The van der Waals surface area contributed by atoms with Gasteiger partial charge in [0.15, 0.2) is 6.29 Å². The number of aldehydes is 1. The topological polar surface area (TPSA) is 61.2 Å². The smallest absolute Gasteiger partial charge is 0.416 e. The zero-order valence-corrected chi connectivity index (χ0v) is 13.9. The van der Waals surface area contributed by atoms with Crippen molar-refractivity contribution in [2.75, 3.05) is 0 Å². The molecule has 0 spiro atoms. The van der Waals surface area contributed by atoms with Gasteiger partial charge in [0, 0.05) is 17.3 Å². The van der Waals surface area contributed by atoms with Crippen molar-refractivity contribution in [2.24, 2.45) is 0 Å². The Bertz CT molecular complexity index is 789. The molecule has 0 amide bonds. The fraction of sp³-hybridized carbons (Fsp3) is 0.353. The summed E-state index contributed by atoms with van der Waals surface area (Å²) in [6.45, 7) is 4.97. The van der Waals surface area contributed by atoms with Crippen molar-refractivity contribution in [1.82, 2.24) is 9.78 Å². The Balaban J connectivity index is 2.30. The van der Waals surface area contributed by atoms with Crippen LogP contribution in [0.5, 0.6) is 0 Å². The minimum atomic E-state index is -4.53. The minimum Gasteiger partial charge on any atom is -0.459 e. The van der Waals surface area contributed by atoms with Crippen LogP contribution < -0.4 is 0 Å². The highest BCUT2D eigenvalue weighted by molar-refractivity contribution is 5.86. The molecule has 0 radical (unpaired) electrons. The number of carbonyl (C=O) groups excluding carboxylic acids is 2. The molecule has 1 heterocycles. The van der Waals surface area contributed by atoms with E-state index in [1.54, 1.807) is 20.8 Å². The zero-order valence-electron chi connectivity index (χ0n) is 13.9. The summed E-state index contributed by atoms with van der Waals surface area (Å²) >= 11 is 0. The Morgan fingerprint density at radius 1 is 1.24 bits per heavy atom. The third kappa shape index (κ3) is 4.91. The number of carbonyl (C=O) groups is 2. The van der Waals surface area contributed by atoms with Crippen molar-refractivity contribution >= 4 is 12.3 Å². The maximum Gasteiger partial charge on any atom is 0.416 e. The van der Waals surface area contributed by atoms with Crippen LogP contribution in [0.15, 0.2) is 30.5 Å². The van der Waals surface area contributed by atoms with Crippen LogP contribution in [0.1, 0.15) is 36.7 Å². The summed E-state index contributed by atoms with van der Waals surface area (Å²) < 4.78 is 45.0. The molecule has 0 N–H and O–H groups in total. The van der Waals surface area contributed by atoms with Crippen molar-refractivity contribution in [2.45, 2.75) is 39.1 Å². The molecule has 2 aromatic rings. The first kappa shape index (κ1) is 18.7. The van der Waals surface area contributed by atoms with Gasteiger partial charge >= 0.3 is 12.1 Å². The first-order chi connectivity index (χ1) is 11.5. The molecule has 0 unspecified atom stereocenters. The number of esters is 1. The van der Waals surface area contributed by atoms with Gasteiger partial charge in [-0.25, -0.2) is 0 Å². The van der Waals surface area contributed by atoms with Crippen LogP contribution in [0.3, 0.4) is 0 Å². The number of benzene rings is 1. The van der Waals surface area contributed by atoms with Gasteiger partial charge in [-0.15, -0.1) is 0 Å². The van der Waals surface area contributed by atoms with Crippen molar-refractivity contribution < 1.29 is 27.5 Å². The standard InChI is InChI=1S/C17H17F3N2O3/c1-16(2,3)25-15(24)9-22-7-6-14(21-22)13-8-12(17(18,19)20)5-4-11(13)10-23/h4-8,10H,9H2,1-3H3. The highest BCUT2D eigenvalue weighted by Crippen LogP contribution is 2.33. The number of hydrogen-bond donors (Lipinski definition) is 0. The van der Waals surface area contributed by atoms with Crippen molar-refractivity contribution in [3.8, 4) is 11.3 Å². The van der Waals surface area contributed by atoms with Crippen LogP contribution in [0.2, 0.25) is 0 Å². The molecule has 8 heteroatoms. The third-order valence-corrected chi connectivity index (χ3v) is 3.14. The van der Waals surface area contributed by atoms with E-state index in [4.69, 9.17) is 4.74 Å². The molecule has 0 aliphatic carbocycles. The van der Waals surface area contributed by atoms with Crippen molar-refractivity contribution in [3.05, 3.63) is 41.6 Å². The lowest BCUT2D eigenvalue weighted by molar-refractivity contribution is -0.155. The zero-order chi connectivity index (χ0) is 18.8. The fourth-order valence-electron chi connectivity index (χ4n) is 2.16. The van der Waals surface area contributed by atoms with E-state index in [0.29, 0.717) is 6.29 Å². The van der Waals surface area contributed by atoms with Gasteiger partial charge in [0.1, 0.15) is 12.1 Å². The van der Waals surface area contributed by atoms with Gasteiger partial charge in [-0.2, -0.15) is 18.3 Å². The molecule has 0 atom stereocenters. The molecule has 0 fully saturated rings. The van der Waals surface area contributed by atoms with E-state index in [-0.39, 0.29) is 23.4 Å². The number of halogens is 3.